The van der Waals surface area contributed by atoms with Crippen molar-refractivity contribution in [1.82, 2.24) is 19.7 Å². The van der Waals surface area contributed by atoms with Crippen LogP contribution in [0.25, 0.3) is 21.7 Å². The van der Waals surface area contributed by atoms with E-state index in [-0.39, 0.29) is 12.5 Å². The molecule has 0 unspecified atom stereocenters. The van der Waals surface area contributed by atoms with Crippen molar-refractivity contribution < 1.29 is 14.3 Å². The highest BCUT2D eigenvalue weighted by Crippen LogP contribution is 2.32. The van der Waals surface area contributed by atoms with E-state index in [0.29, 0.717) is 40.4 Å². The van der Waals surface area contributed by atoms with E-state index < -0.39 is 5.56 Å². The largest absolute Gasteiger partial charge is 0.493 e. The first-order valence-corrected chi connectivity index (χ1v) is 10.0. The highest BCUT2D eigenvalue weighted by atomic mass is 35.5. The average molecular weight is 441 g/mol. The molecule has 0 bridgehead atoms. The molecule has 4 rings (SSSR count). The molecule has 8 nitrogen and oxygen atoms in total. The summed E-state index contributed by atoms with van der Waals surface area (Å²) in [5.74, 6) is 0.443. The third-order valence-corrected chi connectivity index (χ3v) is 5.30. The topological polar surface area (TPSA) is 87.4 Å². The number of ether oxygens (including phenoxy) is 2. The van der Waals surface area contributed by atoms with Gasteiger partial charge in [0, 0.05) is 35.2 Å². The summed E-state index contributed by atoms with van der Waals surface area (Å²) in [7, 11) is 2.96. The Bertz CT molecular complexity index is 1330. The predicted molar refractivity (Wildman–Crippen MR) is 119 cm³/mol. The number of amides is 1. The lowest BCUT2D eigenvalue weighted by Crippen LogP contribution is -2.35. The molecule has 2 aromatic heterocycles. The van der Waals surface area contributed by atoms with E-state index in [2.05, 4.69) is 10.4 Å². The summed E-state index contributed by atoms with van der Waals surface area (Å²) in [4.78, 5) is 25.3. The normalized spacial score (nSPS) is 11.1. The average Bonchev–Trinajstić information content (AvgIpc) is 3.16. The second-order valence-electron chi connectivity index (χ2n) is 6.93. The number of halogens is 1. The summed E-state index contributed by atoms with van der Waals surface area (Å²) >= 11 is 6.08. The zero-order valence-corrected chi connectivity index (χ0v) is 17.8. The first kappa shape index (κ1) is 20.7. The number of benzene rings is 2. The van der Waals surface area contributed by atoms with E-state index in [4.69, 9.17) is 21.1 Å². The summed E-state index contributed by atoms with van der Waals surface area (Å²) in [6, 6.07) is 11.1. The number of nitrogens with one attached hydrogen (secondary N) is 1. The molecular formula is C22H21ClN4O4. The number of aromatic nitrogens is 3. The molecule has 2 aromatic carbocycles. The summed E-state index contributed by atoms with van der Waals surface area (Å²) in [6.45, 7) is 0.767. The number of rotatable bonds is 7. The van der Waals surface area contributed by atoms with Gasteiger partial charge < -0.3 is 19.4 Å². The van der Waals surface area contributed by atoms with Crippen molar-refractivity contribution in [2.24, 2.45) is 0 Å². The van der Waals surface area contributed by atoms with Crippen LogP contribution in [-0.4, -0.2) is 41.0 Å². The van der Waals surface area contributed by atoms with E-state index in [9.17, 15) is 9.59 Å². The molecule has 0 aliphatic rings. The molecule has 160 valence electrons. The Labute approximate surface area is 182 Å². The van der Waals surface area contributed by atoms with E-state index in [1.54, 1.807) is 12.1 Å². The second kappa shape index (κ2) is 8.69. The van der Waals surface area contributed by atoms with E-state index in [0.717, 1.165) is 15.6 Å². The van der Waals surface area contributed by atoms with Crippen LogP contribution in [0.3, 0.4) is 0 Å². The van der Waals surface area contributed by atoms with Gasteiger partial charge >= 0.3 is 0 Å². The number of hydrogen-bond acceptors (Lipinski definition) is 5. The molecule has 0 spiro atoms. The summed E-state index contributed by atoms with van der Waals surface area (Å²) in [6.07, 6.45) is 3.48. The fourth-order valence-corrected chi connectivity index (χ4v) is 3.72. The Morgan fingerprint density at radius 3 is 2.71 bits per heavy atom. The minimum absolute atomic E-state index is 0.201. The number of nitrogens with zero attached hydrogens (tertiary/aromatic N) is 3. The number of carbonyl (C=O) groups is 1. The summed E-state index contributed by atoms with van der Waals surface area (Å²) in [5.41, 5.74) is 0.574. The first-order chi connectivity index (χ1) is 15.0. The minimum Gasteiger partial charge on any atom is -0.493 e. The molecule has 1 N–H and O–H groups in total. The van der Waals surface area contributed by atoms with Gasteiger partial charge in [0.15, 0.2) is 11.5 Å². The quantitative estimate of drug-likeness (QED) is 0.477. The van der Waals surface area contributed by atoms with Gasteiger partial charge in [0.05, 0.1) is 25.8 Å². The van der Waals surface area contributed by atoms with Gasteiger partial charge in [-0.25, -0.2) is 4.68 Å². The standard InChI is InChI=1S/C22H21ClN4O4/c1-30-18-6-4-15-12-25-27(22(29)20(15)21(18)31-2)13-19(28)24-8-10-26-9-7-14-3-5-16(23)11-17(14)26/h3-7,9,11-12H,8,10,13H2,1-2H3,(H,24,28). The Balaban J connectivity index is 1.47. The van der Waals surface area contributed by atoms with Gasteiger partial charge in [-0.2, -0.15) is 5.10 Å². The van der Waals surface area contributed by atoms with E-state index in [1.807, 2.05) is 35.0 Å². The Morgan fingerprint density at radius 1 is 1.13 bits per heavy atom. The van der Waals surface area contributed by atoms with Gasteiger partial charge in [0.25, 0.3) is 5.56 Å². The predicted octanol–water partition coefficient (Wildman–Crippen LogP) is 2.84. The van der Waals surface area contributed by atoms with Crippen LogP contribution in [0.15, 0.2) is 53.6 Å². The Hall–Kier alpha value is -3.52. The monoisotopic (exact) mass is 440 g/mol. The highest BCUT2D eigenvalue weighted by Gasteiger charge is 2.16. The lowest BCUT2D eigenvalue weighted by Gasteiger charge is -2.12. The zero-order valence-electron chi connectivity index (χ0n) is 17.1. The van der Waals surface area contributed by atoms with Crippen molar-refractivity contribution in [3.05, 3.63) is 64.2 Å². The lowest BCUT2D eigenvalue weighted by atomic mass is 10.1. The number of carbonyl (C=O) groups excluding carboxylic acids is 1. The van der Waals surface area contributed by atoms with Crippen molar-refractivity contribution in [1.29, 1.82) is 0 Å². The molecule has 0 fully saturated rings. The number of hydrogen-bond donors (Lipinski definition) is 1. The maximum Gasteiger partial charge on any atom is 0.279 e. The van der Waals surface area contributed by atoms with Crippen LogP contribution < -0.4 is 20.3 Å². The number of fused-ring (bicyclic) bond motifs is 2. The molecule has 0 saturated heterocycles. The van der Waals surface area contributed by atoms with Crippen LogP contribution in [0.1, 0.15) is 0 Å². The first-order valence-electron chi connectivity index (χ1n) is 9.63. The van der Waals surface area contributed by atoms with Crippen molar-refractivity contribution in [3.8, 4) is 11.5 Å². The molecule has 0 saturated carbocycles. The van der Waals surface area contributed by atoms with Gasteiger partial charge in [-0.05, 0) is 35.7 Å². The molecule has 0 aliphatic carbocycles. The molecule has 31 heavy (non-hydrogen) atoms. The van der Waals surface area contributed by atoms with Crippen molar-refractivity contribution in [2.45, 2.75) is 13.1 Å². The zero-order chi connectivity index (χ0) is 22.0. The van der Waals surface area contributed by atoms with Crippen LogP contribution in [0.2, 0.25) is 5.02 Å². The number of methoxy groups -OCH3 is 2. The highest BCUT2D eigenvalue weighted by molar-refractivity contribution is 6.31. The molecule has 9 heteroatoms. The van der Waals surface area contributed by atoms with Crippen LogP contribution in [0.4, 0.5) is 0 Å². The molecule has 4 aromatic rings. The third-order valence-electron chi connectivity index (χ3n) is 5.07. The summed E-state index contributed by atoms with van der Waals surface area (Å²) in [5, 5.41) is 9.60. The van der Waals surface area contributed by atoms with Gasteiger partial charge in [0.2, 0.25) is 5.91 Å². The molecule has 1 amide bonds. The van der Waals surface area contributed by atoms with Crippen LogP contribution in [0, 0.1) is 0 Å². The maximum absolute atomic E-state index is 12.9. The van der Waals surface area contributed by atoms with Gasteiger partial charge in [-0.15, -0.1) is 0 Å². The molecule has 0 aliphatic heterocycles. The molecule has 2 heterocycles. The van der Waals surface area contributed by atoms with Crippen LogP contribution in [0.5, 0.6) is 11.5 Å². The molecular weight excluding hydrogens is 420 g/mol. The smallest absolute Gasteiger partial charge is 0.279 e. The molecule has 0 atom stereocenters. The van der Waals surface area contributed by atoms with E-state index >= 15 is 0 Å². The maximum atomic E-state index is 12.9. The van der Waals surface area contributed by atoms with Crippen molar-refractivity contribution in [3.63, 3.8) is 0 Å². The Morgan fingerprint density at radius 2 is 1.94 bits per heavy atom. The summed E-state index contributed by atoms with van der Waals surface area (Å²) < 4.78 is 13.8. The fourth-order valence-electron chi connectivity index (χ4n) is 3.56. The minimum atomic E-state index is -0.422. The van der Waals surface area contributed by atoms with Gasteiger partial charge in [-0.3, -0.25) is 9.59 Å². The van der Waals surface area contributed by atoms with E-state index in [1.165, 1.54) is 20.4 Å². The lowest BCUT2D eigenvalue weighted by molar-refractivity contribution is -0.121. The second-order valence-corrected chi connectivity index (χ2v) is 7.37. The van der Waals surface area contributed by atoms with Crippen LogP contribution in [-0.2, 0) is 17.9 Å². The third kappa shape index (κ3) is 4.06. The SMILES string of the molecule is COc1ccc2cnn(CC(=O)NCCn3ccc4ccc(Cl)cc43)c(=O)c2c1OC. The van der Waals surface area contributed by atoms with Crippen molar-refractivity contribution >= 4 is 39.2 Å². The van der Waals surface area contributed by atoms with Crippen molar-refractivity contribution in [2.75, 3.05) is 20.8 Å². The van der Waals surface area contributed by atoms with Crippen LogP contribution >= 0.6 is 11.6 Å². The fraction of sp³-hybridized carbons (Fsp3) is 0.227. The van der Waals surface area contributed by atoms with Gasteiger partial charge in [0.1, 0.15) is 6.54 Å². The van der Waals surface area contributed by atoms with Gasteiger partial charge in [-0.1, -0.05) is 17.7 Å². The Kier molecular flexibility index (Phi) is 5.81. The molecule has 0 radical (unpaired) electrons.